The van der Waals surface area contributed by atoms with Crippen molar-refractivity contribution in [2.45, 2.75) is 90.3 Å². The minimum atomic E-state index is -1.28. The average molecular weight is 280 g/mol. The molecule has 0 rings (SSSR count). The third-order valence-electron chi connectivity index (χ3n) is 3.22. The van der Waals surface area contributed by atoms with E-state index in [-0.39, 0.29) is 6.42 Å². The summed E-state index contributed by atoms with van der Waals surface area (Å²) >= 11 is 0. The second kappa shape index (κ2) is 16.3. The van der Waals surface area contributed by atoms with Gasteiger partial charge in [-0.1, -0.05) is 57.1 Å². The Kier molecular flexibility index (Phi) is 15.6. The van der Waals surface area contributed by atoms with E-state index in [1.165, 1.54) is 51.4 Å². The van der Waals surface area contributed by atoms with E-state index in [1.807, 2.05) is 0 Å². The van der Waals surface area contributed by atoms with Crippen LogP contribution in [0.15, 0.2) is 12.2 Å². The Bertz CT molecular complexity index is 271. The van der Waals surface area contributed by atoms with Gasteiger partial charge >= 0.3 is 0 Å². The van der Waals surface area contributed by atoms with Crippen LogP contribution >= 0.6 is 0 Å². The molecule has 0 aliphatic rings. The molecule has 0 aliphatic heterocycles. The Labute approximate surface area is 125 Å². The van der Waals surface area contributed by atoms with Gasteiger partial charge in [0.1, 0.15) is 0 Å². The molecule has 0 aliphatic carbocycles. The van der Waals surface area contributed by atoms with Crippen molar-refractivity contribution in [3.8, 4) is 11.8 Å². The molecule has 0 aromatic carbocycles. The van der Waals surface area contributed by atoms with E-state index in [1.54, 1.807) is 0 Å². The van der Waals surface area contributed by atoms with Crippen molar-refractivity contribution >= 4 is 0 Å². The maximum atomic E-state index is 8.60. The molecule has 0 amide bonds. The Morgan fingerprint density at radius 1 is 0.800 bits per heavy atom. The second-order valence-electron chi connectivity index (χ2n) is 5.31. The largest absolute Gasteiger partial charge is 0.367 e. The van der Waals surface area contributed by atoms with E-state index in [4.69, 9.17) is 10.2 Å². The van der Waals surface area contributed by atoms with Crippen LogP contribution in [-0.2, 0) is 0 Å². The average Bonchev–Trinajstić information content (AvgIpc) is 2.43. The van der Waals surface area contributed by atoms with E-state index in [0.29, 0.717) is 0 Å². The standard InChI is InChI=1S/C18H32O2/c1-2-3-4-5-6-7-8-9-10-11-12-13-14-15-16-17-18(19)20/h9-10,18-20H,2-8,11-14,17H2,1H3/b10-9+. The van der Waals surface area contributed by atoms with Gasteiger partial charge in [0.25, 0.3) is 0 Å². The van der Waals surface area contributed by atoms with Crippen molar-refractivity contribution in [2.24, 2.45) is 0 Å². The van der Waals surface area contributed by atoms with Crippen LogP contribution in [0.2, 0.25) is 0 Å². The first-order chi connectivity index (χ1) is 9.77. The number of hydrogen-bond acceptors (Lipinski definition) is 2. The van der Waals surface area contributed by atoms with E-state index >= 15 is 0 Å². The van der Waals surface area contributed by atoms with E-state index < -0.39 is 6.29 Å². The minimum Gasteiger partial charge on any atom is -0.367 e. The van der Waals surface area contributed by atoms with Gasteiger partial charge in [-0.25, -0.2) is 0 Å². The summed E-state index contributed by atoms with van der Waals surface area (Å²) in [7, 11) is 0. The topological polar surface area (TPSA) is 40.5 Å². The van der Waals surface area contributed by atoms with Crippen LogP contribution in [0.5, 0.6) is 0 Å². The predicted molar refractivity (Wildman–Crippen MR) is 86.2 cm³/mol. The van der Waals surface area contributed by atoms with E-state index in [9.17, 15) is 0 Å². The molecule has 0 fully saturated rings. The predicted octanol–water partition coefficient (Wildman–Crippen LogP) is 4.56. The summed E-state index contributed by atoms with van der Waals surface area (Å²) in [5.74, 6) is 5.71. The van der Waals surface area contributed by atoms with Gasteiger partial charge in [0.15, 0.2) is 6.29 Å². The lowest BCUT2D eigenvalue weighted by atomic mass is 10.1. The fourth-order valence-electron chi connectivity index (χ4n) is 2.01. The minimum absolute atomic E-state index is 0.165. The van der Waals surface area contributed by atoms with E-state index in [2.05, 4.69) is 30.9 Å². The van der Waals surface area contributed by atoms with Crippen LogP contribution in [0.3, 0.4) is 0 Å². The van der Waals surface area contributed by atoms with Gasteiger partial charge in [0.2, 0.25) is 0 Å². The SMILES string of the molecule is CCCCCCCC/C=C/CCCCC#CCC(O)O. The quantitative estimate of drug-likeness (QED) is 0.238. The highest BCUT2D eigenvalue weighted by atomic mass is 16.5. The summed E-state index contributed by atoms with van der Waals surface area (Å²) in [5.41, 5.74) is 0. The molecule has 2 nitrogen and oxygen atoms in total. The first-order valence-corrected chi connectivity index (χ1v) is 8.24. The molecule has 2 heteroatoms. The molecule has 0 heterocycles. The summed E-state index contributed by atoms with van der Waals surface area (Å²) < 4.78 is 0. The highest BCUT2D eigenvalue weighted by molar-refractivity contribution is 4.99. The van der Waals surface area contributed by atoms with Gasteiger partial charge in [-0.15, -0.1) is 5.92 Å². The fourth-order valence-corrected chi connectivity index (χ4v) is 2.01. The molecule has 0 atom stereocenters. The molecule has 0 aromatic rings. The van der Waals surface area contributed by atoms with Crippen molar-refractivity contribution in [1.82, 2.24) is 0 Å². The monoisotopic (exact) mass is 280 g/mol. The fraction of sp³-hybridized carbons (Fsp3) is 0.778. The number of hydrogen-bond donors (Lipinski definition) is 2. The number of aliphatic hydroxyl groups excluding tert-OH is 1. The summed E-state index contributed by atoms with van der Waals surface area (Å²) in [5, 5.41) is 17.2. The maximum absolute atomic E-state index is 8.60. The number of rotatable bonds is 12. The van der Waals surface area contributed by atoms with Crippen molar-refractivity contribution in [3.63, 3.8) is 0 Å². The van der Waals surface area contributed by atoms with Crippen LogP contribution in [0.25, 0.3) is 0 Å². The van der Waals surface area contributed by atoms with Crippen molar-refractivity contribution < 1.29 is 10.2 Å². The summed E-state index contributed by atoms with van der Waals surface area (Å²) in [4.78, 5) is 0. The third kappa shape index (κ3) is 17.2. The van der Waals surface area contributed by atoms with Crippen LogP contribution < -0.4 is 0 Å². The van der Waals surface area contributed by atoms with Crippen LogP contribution in [0.4, 0.5) is 0 Å². The van der Waals surface area contributed by atoms with Gasteiger partial charge in [-0.05, 0) is 32.1 Å². The van der Waals surface area contributed by atoms with Crippen LogP contribution in [0, 0.1) is 11.8 Å². The smallest absolute Gasteiger partial charge is 0.162 e. The molecular weight excluding hydrogens is 248 g/mol. The van der Waals surface area contributed by atoms with E-state index in [0.717, 1.165) is 19.3 Å². The number of aliphatic hydroxyl groups is 2. The lowest BCUT2D eigenvalue weighted by Gasteiger charge is -1.97. The third-order valence-corrected chi connectivity index (χ3v) is 3.22. The van der Waals surface area contributed by atoms with Gasteiger partial charge in [0.05, 0.1) is 6.42 Å². The Balaban J connectivity index is 3.17. The molecule has 0 spiro atoms. The summed E-state index contributed by atoms with van der Waals surface area (Å²) in [6.07, 6.45) is 17.2. The summed E-state index contributed by atoms with van der Waals surface area (Å²) in [6.45, 7) is 2.25. The highest BCUT2D eigenvalue weighted by Gasteiger charge is 1.90. The zero-order valence-corrected chi connectivity index (χ0v) is 13.1. The van der Waals surface area contributed by atoms with Gasteiger partial charge < -0.3 is 10.2 Å². The zero-order chi connectivity index (χ0) is 14.9. The Hall–Kier alpha value is -0.780. The number of unbranched alkanes of at least 4 members (excludes halogenated alkanes) is 9. The van der Waals surface area contributed by atoms with Gasteiger partial charge in [-0.3, -0.25) is 0 Å². The summed E-state index contributed by atoms with van der Waals surface area (Å²) in [6, 6.07) is 0. The second-order valence-corrected chi connectivity index (χ2v) is 5.31. The highest BCUT2D eigenvalue weighted by Crippen LogP contribution is 2.08. The molecular formula is C18H32O2. The molecule has 0 saturated heterocycles. The van der Waals surface area contributed by atoms with Gasteiger partial charge in [-0.2, -0.15) is 0 Å². The van der Waals surface area contributed by atoms with Crippen molar-refractivity contribution in [1.29, 1.82) is 0 Å². The lowest BCUT2D eigenvalue weighted by Crippen LogP contribution is -2.00. The number of allylic oxidation sites excluding steroid dienone is 2. The lowest BCUT2D eigenvalue weighted by molar-refractivity contribution is -0.0344. The molecule has 0 bridgehead atoms. The zero-order valence-electron chi connectivity index (χ0n) is 13.1. The van der Waals surface area contributed by atoms with Crippen molar-refractivity contribution in [3.05, 3.63) is 12.2 Å². The molecule has 116 valence electrons. The normalized spacial score (nSPS) is 11.0. The Morgan fingerprint density at radius 3 is 2.05 bits per heavy atom. The van der Waals surface area contributed by atoms with Crippen molar-refractivity contribution in [2.75, 3.05) is 0 Å². The van der Waals surface area contributed by atoms with Gasteiger partial charge in [0, 0.05) is 6.42 Å². The first-order valence-electron chi connectivity index (χ1n) is 8.24. The first kappa shape index (κ1) is 19.2. The van der Waals surface area contributed by atoms with Crippen LogP contribution in [0.1, 0.15) is 84.0 Å². The molecule has 0 saturated carbocycles. The molecule has 0 unspecified atom stereocenters. The molecule has 0 aromatic heterocycles. The Morgan fingerprint density at radius 2 is 1.40 bits per heavy atom. The van der Waals surface area contributed by atoms with Crippen LogP contribution in [-0.4, -0.2) is 16.5 Å². The molecule has 0 radical (unpaired) electrons. The molecule has 20 heavy (non-hydrogen) atoms. The maximum Gasteiger partial charge on any atom is 0.162 e. The molecule has 2 N–H and O–H groups in total.